The second-order valence-electron chi connectivity index (χ2n) is 4.33. The van der Waals surface area contributed by atoms with E-state index >= 15 is 0 Å². The average molecular weight is 260 g/mol. The van der Waals surface area contributed by atoms with Crippen molar-refractivity contribution in [3.63, 3.8) is 0 Å². The minimum Gasteiger partial charge on any atom is -0.382 e. The maximum atomic E-state index is 11.3. The maximum Gasteiger partial charge on any atom is 0.166 e. The fraction of sp³-hybridized carbons (Fsp3) is 0.923. The summed E-state index contributed by atoms with van der Waals surface area (Å²) >= 11 is 0. The zero-order valence-electron chi connectivity index (χ0n) is 11.4. The minimum atomic E-state index is -0.334. The Balaban J connectivity index is 1.97. The smallest absolute Gasteiger partial charge is 0.166 e. The van der Waals surface area contributed by atoms with Crippen molar-refractivity contribution >= 4 is 5.78 Å². The van der Waals surface area contributed by atoms with Crippen LogP contribution in [0.25, 0.3) is 0 Å². The molecule has 5 nitrogen and oxygen atoms in total. The van der Waals surface area contributed by atoms with E-state index in [2.05, 4.69) is 0 Å². The monoisotopic (exact) mass is 260 g/mol. The van der Waals surface area contributed by atoms with Gasteiger partial charge in [0, 0.05) is 33.4 Å². The SMILES string of the molecule is CCCOC1C(=O)CC1OCCCOCCOC. The van der Waals surface area contributed by atoms with E-state index in [1.165, 1.54) is 0 Å². The average Bonchev–Trinajstić information content (AvgIpc) is 2.36. The molecular formula is C13H24O5. The van der Waals surface area contributed by atoms with Gasteiger partial charge in [-0.25, -0.2) is 0 Å². The lowest BCUT2D eigenvalue weighted by atomic mass is 9.90. The summed E-state index contributed by atoms with van der Waals surface area (Å²) in [4.78, 5) is 11.3. The van der Waals surface area contributed by atoms with Gasteiger partial charge in [-0.1, -0.05) is 6.92 Å². The summed E-state index contributed by atoms with van der Waals surface area (Å²) in [6.45, 7) is 5.14. The summed E-state index contributed by atoms with van der Waals surface area (Å²) in [5.41, 5.74) is 0. The van der Waals surface area contributed by atoms with E-state index in [0.29, 0.717) is 39.5 Å². The van der Waals surface area contributed by atoms with Crippen LogP contribution in [0.4, 0.5) is 0 Å². The number of carbonyl (C=O) groups is 1. The Bertz CT molecular complexity index is 231. The van der Waals surface area contributed by atoms with Gasteiger partial charge in [0.25, 0.3) is 0 Å². The van der Waals surface area contributed by atoms with Crippen molar-refractivity contribution in [2.45, 2.75) is 38.4 Å². The second-order valence-corrected chi connectivity index (χ2v) is 4.33. The van der Waals surface area contributed by atoms with Crippen LogP contribution in [0.2, 0.25) is 0 Å². The van der Waals surface area contributed by atoms with Crippen LogP contribution in [-0.2, 0) is 23.7 Å². The Labute approximate surface area is 109 Å². The van der Waals surface area contributed by atoms with Gasteiger partial charge in [0.05, 0.1) is 19.3 Å². The predicted octanol–water partition coefficient (Wildman–Crippen LogP) is 1.19. The topological polar surface area (TPSA) is 54.0 Å². The molecule has 0 bridgehead atoms. The van der Waals surface area contributed by atoms with Crippen molar-refractivity contribution in [1.82, 2.24) is 0 Å². The molecule has 1 rings (SSSR count). The van der Waals surface area contributed by atoms with Crippen LogP contribution in [0.15, 0.2) is 0 Å². The van der Waals surface area contributed by atoms with Gasteiger partial charge >= 0.3 is 0 Å². The molecule has 18 heavy (non-hydrogen) atoms. The highest BCUT2D eigenvalue weighted by Gasteiger charge is 2.41. The Morgan fingerprint density at radius 3 is 2.61 bits per heavy atom. The maximum absolute atomic E-state index is 11.3. The zero-order chi connectivity index (χ0) is 13.2. The minimum absolute atomic E-state index is 0.0528. The number of rotatable bonds is 11. The van der Waals surface area contributed by atoms with Gasteiger partial charge < -0.3 is 18.9 Å². The van der Waals surface area contributed by atoms with E-state index in [1.807, 2.05) is 6.92 Å². The van der Waals surface area contributed by atoms with Gasteiger partial charge in [-0.2, -0.15) is 0 Å². The highest BCUT2D eigenvalue weighted by atomic mass is 16.6. The van der Waals surface area contributed by atoms with Gasteiger partial charge in [0.1, 0.15) is 6.10 Å². The van der Waals surface area contributed by atoms with Gasteiger partial charge in [-0.15, -0.1) is 0 Å². The summed E-state index contributed by atoms with van der Waals surface area (Å²) in [6.07, 6.45) is 1.85. The lowest BCUT2D eigenvalue weighted by Crippen LogP contribution is -2.50. The summed E-state index contributed by atoms with van der Waals surface area (Å²) in [7, 11) is 1.65. The third kappa shape index (κ3) is 5.44. The number of carbonyl (C=O) groups excluding carboxylic acids is 1. The summed E-state index contributed by atoms with van der Waals surface area (Å²) in [5.74, 6) is 0.157. The van der Waals surface area contributed by atoms with Crippen LogP contribution in [0, 0.1) is 0 Å². The molecule has 0 saturated heterocycles. The summed E-state index contributed by atoms with van der Waals surface area (Å²) in [6, 6.07) is 0. The number of hydrogen-bond donors (Lipinski definition) is 0. The quantitative estimate of drug-likeness (QED) is 0.522. The van der Waals surface area contributed by atoms with E-state index in [9.17, 15) is 4.79 Å². The molecule has 2 atom stereocenters. The standard InChI is InChI=1S/C13H24O5/c1-3-5-18-13-11(14)10-12(13)17-7-4-6-16-9-8-15-2/h12-13H,3-10H2,1-2H3. The van der Waals surface area contributed by atoms with E-state index < -0.39 is 0 Å². The second kappa shape index (κ2) is 9.44. The molecule has 0 radical (unpaired) electrons. The lowest BCUT2D eigenvalue weighted by Gasteiger charge is -2.34. The van der Waals surface area contributed by atoms with Crippen LogP contribution in [0.5, 0.6) is 0 Å². The molecule has 1 aliphatic rings. The first-order valence-corrected chi connectivity index (χ1v) is 6.62. The first kappa shape index (κ1) is 15.6. The number of ether oxygens (including phenoxy) is 4. The van der Waals surface area contributed by atoms with Crippen molar-refractivity contribution in [2.24, 2.45) is 0 Å². The number of methoxy groups -OCH3 is 1. The fourth-order valence-corrected chi connectivity index (χ4v) is 1.70. The molecule has 106 valence electrons. The van der Waals surface area contributed by atoms with Crippen molar-refractivity contribution in [3.05, 3.63) is 0 Å². The predicted molar refractivity (Wildman–Crippen MR) is 66.7 cm³/mol. The van der Waals surface area contributed by atoms with Crippen LogP contribution in [0.1, 0.15) is 26.2 Å². The summed E-state index contributed by atoms with van der Waals surface area (Å²) < 4.78 is 21.2. The van der Waals surface area contributed by atoms with Crippen LogP contribution >= 0.6 is 0 Å². The number of ketones is 1. The highest BCUT2D eigenvalue weighted by molar-refractivity contribution is 5.90. The van der Waals surface area contributed by atoms with Gasteiger partial charge in [0.2, 0.25) is 0 Å². The molecule has 1 saturated carbocycles. The molecule has 0 aromatic rings. The molecule has 1 aliphatic carbocycles. The molecule has 0 aliphatic heterocycles. The first-order chi connectivity index (χ1) is 8.79. The van der Waals surface area contributed by atoms with Gasteiger partial charge in [0.15, 0.2) is 5.78 Å². The lowest BCUT2D eigenvalue weighted by molar-refractivity contribution is -0.166. The van der Waals surface area contributed by atoms with Crippen molar-refractivity contribution in [2.75, 3.05) is 40.1 Å². The van der Waals surface area contributed by atoms with E-state index in [0.717, 1.165) is 12.8 Å². The Morgan fingerprint density at radius 2 is 1.94 bits per heavy atom. The zero-order valence-corrected chi connectivity index (χ0v) is 11.4. The molecule has 1 fully saturated rings. The van der Waals surface area contributed by atoms with Crippen molar-refractivity contribution < 1.29 is 23.7 Å². The highest BCUT2D eigenvalue weighted by Crippen LogP contribution is 2.23. The van der Waals surface area contributed by atoms with Crippen LogP contribution in [-0.4, -0.2) is 58.1 Å². The van der Waals surface area contributed by atoms with Crippen LogP contribution in [0.3, 0.4) is 0 Å². The van der Waals surface area contributed by atoms with Crippen molar-refractivity contribution in [3.8, 4) is 0 Å². The third-order valence-corrected chi connectivity index (χ3v) is 2.76. The molecule has 0 aromatic carbocycles. The molecule has 0 spiro atoms. The molecule has 0 heterocycles. The fourth-order valence-electron chi connectivity index (χ4n) is 1.70. The summed E-state index contributed by atoms with van der Waals surface area (Å²) in [5, 5.41) is 0. The molecule has 0 aromatic heterocycles. The Hall–Kier alpha value is -0.490. The molecular weight excluding hydrogens is 236 g/mol. The van der Waals surface area contributed by atoms with Gasteiger partial charge in [-0.3, -0.25) is 4.79 Å². The Morgan fingerprint density at radius 1 is 1.11 bits per heavy atom. The number of hydrogen-bond acceptors (Lipinski definition) is 5. The van der Waals surface area contributed by atoms with E-state index in [1.54, 1.807) is 7.11 Å². The van der Waals surface area contributed by atoms with E-state index in [-0.39, 0.29) is 18.0 Å². The van der Waals surface area contributed by atoms with E-state index in [4.69, 9.17) is 18.9 Å². The molecule has 0 amide bonds. The number of Topliss-reactive ketones (excluding diaryl/α,β-unsaturated/α-hetero) is 1. The Kier molecular flexibility index (Phi) is 8.17. The normalized spacial score (nSPS) is 23.1. The third-order valence-electron chi connectivity index (χ3n) is 2.76. The first-order valence-electron chi connectivity index (χ1n) is 6.62. The van der Waals surface area contributed by atoms with Gasteiger partial charge in [-0.05, 0) is 12.8 Å². The van der Waals surface area contributed by atoms with Crippen LogP contribution < -0.4 is 0 Å². The molecule has 0 N–H and O–H groups in total. The molecule has 2 unspecified atom stereocenters. The van der Waals surface area contributed by atoms with Crippen molar-refractivity contribution in [1.29, 1.82) is 0 Å². The molecule has 5 heteroatoms. The largest absolute Gasteiger partial charge is 0.382 e.